The number of carbonyl (C=O) groups is 1. The summed E-state index contributed by atoms with van der Waals surface area (Å²) in [5.74, 6) is -0.468. The van der Waals surface area contributed by atoms with Crippen molar-refractivity contribution in [2.45, 2.75) is 11.1 Å². The predicted molar refractivity (Wildman–Crippen MR) is 78.1 cm³/mol. The lowest BCUT2D eigenvalue weighted by Gasteiger charge is -2.11. The Labute approximate surface area is 129 Å². The van der Waals surface area contributed by atoms with Crippen LogP contribution in [0.5, 0.6) is 0 Å². The Kier molecular flexibility index (Phi) is 4.49. The van der Waals surface area contributed by atoms with Gasteiger partial charge >= 0.3 is 6.18 Å². The number of carbonyl (C=O) groups excluding carboxylic acids is 1. The first kappa shape index (κ1) is 15.7. The van der Waals surface area contributed by atoms with Crippen molar-refractivity contribution in [3.05, 3.63) is 58.6 Å². The van der Waals surface area contributed by atoms with E-state index in [2.05, 4.69) is 17.9 Å². The van der Waals surface area contributed by atoms with Crippen molar-refractivity contribution in [2.24, 2.45) is 0 Å². The van der Waals surface area contributed by atoms with Crippen LogP contribution in [0, 0.1) is 0 Å². The topological polar surface area (TPSA) is 29.1 Å². The molecule has 2 rings (SSSR count). The molecule has 2 nitrogen and oxygen atoms in total. The number of hydrogen-bond acceptors (Lipinski definition) is 2. The van der Waals surface area contributed by atoms with Crippen LogP contribution in [0.1, 0.15) is 15.9 Å². The van der Waals surface area contributed by atoms with E-state index < -0.39 is 17.6 Å². The van der Waals surface area contributed by atoms with Crippen molar-refractivity contribution >= 4 is 35.8 Å². The minimum atomic E-state index is -4.48. The highest BCUT2D eigenvalue weighted by Gasteiger charge is 2.31. The summed E-state index contributed by atoms with van der Waals surface area (Å²) in [6, 6.07) is 9.12. The van der Waals surface area contributed by atoms with Gasteiger partial charge < -0.3 is 5.32 Å². The zero-order valence-corrected chi connectivity index (χ0v) is 12.1. The van der Waals surface area contributed by atoms with E-state index in [9.17, 15) is 18.0 Å². The van der Waals surface area contributed by atoms with E-state index >= 15 is 0 Å². The molecule has 0 unspecified atom stereocenters. The molecule has 0 aliphatic rings. The van der Waals surface area contributed by atoms with Crippen molar-refractivity contribution in [3.8, 4) is 0 Å². The fourth-order valence-corrected chi connectivity index (χ4v) is 1.98. The maximum Gasteiger partial charge on any atom is 0.416 e. The predicted octanol–water partition coefficient (Wildman–Crippen LogP) is 4.90. The lowest BCUT2D eigenvalue weighted by atomic mass is 10.1. The Morgan fingerprint density at radius 1 is 1.10 bits per heavy atom. The fraction of sp³-hybridized carbons (Fsp3) is 0.0714. The van der Waals surface area contributed by atoms with Crippen LogP contribution in [0.3, 0.4) is 0 Å². The number of rotatable bonds is 2. The lowest BCUT2D eigenvalue weighted by molar-refractivity contribution is -0.137. The van der Waals surface area contributed by atoms with Crippen molar-refractivity contribution in [1.29, 1.82) is 0 Å². The van der Waals surface area contributed by atoms with Crippen LogP contribution in [-0.2, 0) is 6.18 Å². The molecule has 21 heavy (non-hydrogen) atoms. The van der Waals surface area contributed by atoms with Gasteiger partial charge in [0.2, 0.25) is 0 Å². The lowest BCUT2D eigenvalue weighted by Crippen LogP contribution is -2.13. The zero-order valence-electron chi connectivity index (χ0n) is 10.4. The Balaban J connectivity index is 2.20. The average molecular weight is 332 g/mol. The van der Waals surface area contributed by atoms with E-state index in [-0.39, 0.29) is 10.7 Å². The van der Waals surface area contributed by atoms with Crippen LogP contribution in [0.25, 0.3) is 0 Å². The van der Waals surface area contributed by atoms with Gasteiger partial charge in [0.25, 0.3) is 5.91 Å². The second-order valence-corrected chi connectivity index (χ2v) is 5.12. The summed E-state index contributed by atoms with van der Waals surface area (Å²) >= 11 is 9.86. The second-order valence-electron chi connectivity index (χ2n) is 4.19. The summed E-state index contributed by atoms with van der Waals surface area (Å²) in [6.45, 7) is 0. The number of amides is 1. The van der Waals surface area contributed by atoms with Gasteiger partial charge in [0.05, 0.1) is 16.3 Å². The third-order valence-electron chi connectivity index (χ3n) is 2.67. The van der Waals surface area contributed by atoms with Crippen molar-refractivity contribution in [1.82, 2.24) is 0 Å². The monoisotopic (exact) mass is 331 g/mol. The van der Waals surface area contributed by atoms with Gasteiger partial charge in [-0.15, -0.1) is 12.6 Å². The van der Waals surface area contributed by atoms with Gasteiger partial charge in [-0.2, -0.15) is 13.2 Å². The summed E-state index contributed by atoms with van der Waals surface area (Å²) in [4.78, 5) is 12.6. The summed E-state index contributed by atoms with van der Waals surface area (Å²) in [5.41, 5.74) is -0.404. The van der Waals surface area contributed by atoms with E-state index in [1.165, 1.54) is 0 Å². The van der Waals surface area contributed by atoms with Crippen LogP contribution in [0.4, 0.5) is 18.9 Å². The van der Waals surface area contributed by atoms with Crippen LogP contribution in [0.2, 0.25) is 5.02 Å². The standard InChI is InChI=1S/C14H9ClF3NOS/c15-11-7-9(14(16,17)18)3-6-12(11)19-13(20)8-1-4-10(21)5-2-8/h1-7,21H,(H,19,20). The van der Waals surface area contributed by atoms with Gasteiger partial charge in [0.15, 0.2) is 0 Å². The third-order valence-corrected chi connectivity index (χ3v) is 3.28. The molecule has 110 valence electrons. The number of thiol groups is 1. The molecule has 7 heteroatoms. The largest absolute Gasteiger partial charge is 0.416 e. The maximum atomic E-state index is 12.5. The molecule has 1 amide bonds. The summed E-state index contributed by atoms with van der Waals surface area (Å²) in [5, 5.41) is 2.28. The quantitative estimate of drug-likeness (QED) is 0.753. The van der Waals surface area contributed by atoms with E-state index in [0.29, 0.717) is 10.5 Å². The number of nitrogens with one attached hydrogen (secondary N) is 1. The molecule has 0 aliphatic carbocycles. The molecule has 2 aromatic rings. The van der Waals surface area contributed by atoms with E-state index in [0.717, 1.165) is 18.2 Å². The van der Waals surface area contributed by atoms with Crippen LogP contribution < -0.4 is 5.32 Å². The molecule has 0 atom stereocenters. The summed E-state index contributed by atoms with van der Waals surface area (Å²) < 4.78 is 37.5. The Morgan fingerprint density at radius 3 is 2.24 bits per heavy atom. The SMILES string of the molecule is O=C(Nc1ccc(C(F)(F)F)cc1Cl)c1ccc(S)cc1. The fourth-order valence-electron chi connectivity index (χ4n) is 1.60. The smallest absolute Gasteiger partial charge is 0.321 e. The summed E-state index contributed by atoms with van der Waals surface area (Å²) in [7, 11) is 0. The first-order valence-corrected chi connectivity index (χ1v) is 6.57. The molecule has 2 aromatic carbocycles. The second kappa shape index (κ2) is 5.99. The molecule has 0 spiro atoms. The number of anilines is 1. The van der Waals surface area contributed by atoms with Crippen LogP contribution in [-0.4, -0.2) is 5.91 Å². The highest BCUT2D eigenvalue weighted by Crippen LogP contribution is 2.33. The van der Waals surface area contributed by atoms with Crippen molar-refractivity contribution in [3.63, 3.8) is 0 Å². The Morgan fingerprint density at radius 2 is 1.71 bits per heavy atom. The van der Waals surface area contributed by atoms with Gasteiger partial charge in [-0.1, -0.05) is 11.6 Å². The minimum absolute atomic E-state index is 0.115. The van der Waals surface area contributed by atoms with Gasteiger partial charge in [-0.05, 0) is 42.5 Å². The average Bonchev–Trinajstić information content (AvgIpc) is 2.40. The minimum Gasteiger partial charge on any atom is -0.321 e. The third kappa shape index (κ3) is 3.92. The molecule has 0 heterocycles. The molecular formula is C14H9ClF3NOS. The first-order chi connectivity index (χ1) is 9.77. The highest BCUT2D eigenvalue weighted by atomic mass is 35.5. The number of halogens is 4. The molecule has 0 fully saturated rings. The Hall–Kier alpha value is -1.66. The Bertz CT molecular complexity index is 671. The van der Waals surface area contributed by atoms with Crippen LogP contribution >= 0.6 is 24.2 Å². The van der Waals surface area contributed by atoms with Crippen molar-refractivity contribution in [2.75, 3.05) is 5.32 Å². The molecule has 1 N–H and O–H groups in total. The molecule has 0 saturated heterocycles. The van der Waals surface area contributed by atoms with Crippen molar-refractivity contribution < 1.29 is 18.0 Å². The molecule has 0 aliphatic heterocycles. The van der Waals surface area contributed by atoms with E-state index in [1.54, 1.807) is 24.3 Å². The first-order valence-electron chi connectivity index (χ1n) is 5.74. The molecular weight excluding hydrogens is 323 g/mol. The molecule has 0 saturated carbocycles. The summed E-state index contributed by atoms with van der Waals surface area (Å²) in [6.07, 6.45) is -4.48. The highest BCUT2D eigenvalue weighted by molar-refractivity contribution is 7.80. The van der Waals surface area contributed by atoms with Gasteiger partial charge in [-0.3, -0.25) is 4.79 Å². The number of alkyl halides is 3. The molecule has 0 aromatic heterocycles. The number of benzene rings is 2. The maximum absolute atomic E-state index is 12.5. The number of hydrogen-bond donors (Lipinski definition) is 2. The molecule has 0 bridgehead atoms. The molecule has 0 radical (unpaired) electrons. The van der Waals surface area contributed by atoms with E-state index in [4.69, 9.17) is 11.6 Å². The van der Waals surface area contributed by atoms with Crippen LogP contribution in [0.15, 0.2) is 47.4 Å². The van der Waals surface area contributed by atoms with Gasteiger partial charge in [-0.25, -0.2) is 0 Å². The van der Waals surface area contributed by atoms with Gasteiger partial charge in [0, 0.05) is 10.5 Å². The zero-order chi connectivity index (χ0) is 15.6. The van der Waals surface area contributed by atoms with Gasteiger partial charge in [0.1, 0.15) is 0 Å². The van der Waals surface area contributed by atoms with E-state index in [1.807, 2.05) is 0 Å². The normalized spacial score (nSPS) is 11.3.